The first-order valence-corrected chi connectivity index (χ1v) is 5.21. The second-order valence-corrected chi connectivity index (χ2v) is 3.72. The van der Waals surface area contributed by atoms with Crippen molar-refractivity contribution < 1.29 is 0 Å². The second-order valence-electron chi connectivity index (χ2n) is 3.72. The highest BCUT2D eigenvalue weighted by molar-refractivity contribution is 4.87. The maximum absolute atomic E-state index is 3.42. The minimum atomic E-state index is 0.741. The van der Waals surface area contributed by atoms with Gasteiger partial charge in [-0.3, -0.25) is 0 Å². The molecular weight excluding hydrogens is 148 g/mol. The van der Waals surface area contributed by atoms with E-state index in [9.17, 15) is 0 Å². The summed E-state index contributed by atoms with van der Waals surface area (Å²) in [6, 6.07) is 0.741. The molecule has 1 N–H and O–H groups in total. The number of nitrogens with zero attached hydrogens (tertiary/aromatic N) is 1. The van der Waals surface area contributed by atoms with Crippen LogP contribution in [0.3, 0.4) is 0 Å². The van der Waals surface area contributed by atoms with Gasteiger partial charge in [-0.15, -0.1) is 0 Å². The van der Waals surface area contributed by atoms with E-state index in [0.29, 0.717) is 0 Å². The summed E-state index contributed by atoms with van der Waals surface area (Å²) in [5.74, 6) is 0.968. The SMILES string of the molecule is CCN(CC)CC(NC)C1CC1. The lowest BCUT2D eigenvalue weighted by molar-refractivity contribution is 0.257. The van der Waals surface area contributed by atoms with Crippen molar-refractivity contribution >= 4 is 0 Å². The van der Waals surface area contributed by atoms with Gasteiger partial charge in [-0.2, -0.15) is 0 Å². The molecule has 1 aliphatic carbocycles. The molecule has 1 rings (SSSR count). The fourth-order valence-corrected chi connectivity index (χ4v) is 1.73. The summed E-state index contributed by atoms with van der Waals surface area (Å²) in [6.45, 7) is 8.07. The smallest absolute Gasteiger partial charge is 0.0220 e. The van der Waals surface area contributed by atoms with Crippen molar-refractivity contribution in [2.75, 3.05) is 26.7 Å². The van der Waals surface area contributed by atoms with E-state index in [1.165, 1.54) is 32.5 Å². The quantitative estimate of drug-likeness (QED) is 0.647. The summed E-state index contributed by atoms with van der Waals surface area (Å²) in [7, 11) is 2.09. The van der Waals surface area contributed by atoms with Crippen LogP contribution in [-0.2, 0) is 0 Å². The van der Waals surface area contributed by atoms with E-state index < -0.39 is 0 Å². The van der Waals surface area contributed by atoms with Crippen molar-refractivity contribution in [2.24, 2.45) is 5.92 Å². The van der Waals surface area contributed by atoms with Crippen molar-refractivity contribution in [3.63, 3.8) is 0 Å². The molecule has 1 atom stereocenters. The van der Waals surface area contributed by atoms with Gasteiger partial charge in [0, 0.05) is 12.6 Å². The van der Waals surface area contributed by atoms with Gasteiger partial charge in [0.1, 0.15) is 0 Å². The molecule has 0 aromatic heterocycles. The third kappa shape index (κ3) is 2.76. The van der Waals surface area contributed by atoms with Gasteiger partial charge >= 0.3 is 0 Å². The molecule has 0 aliphatic heterocycles. The zero-order valence-electron chi connectivity index (χ0n) is 8.64. The van der Waals surface area contributed by atoms with Gasteiger partial charge in [0.2, 0.25) is 0 Å². The average molecular weight is 170 g/mol. The number of likely N-dealkylation sites (N-methyl/N-ethyl adjacent to an activating group) is 2. The normalized spacial score (nSPS) is 20.0. The second kappa shape index (κ2) is 4.83. The number of nitrogens with one attached hydrogen (secondary N) is 1. The van der Waals surface area contributed by atoms with Crippen molar-refractivity contribution in [2.45, 2.75) is 32.7 Å². The van der Waals surface area contributed by atoms with Crippen LogP contribution in [0.4, 0.5) is 0 Å². The molecular formula is C10H22N2. The zero-order valence-corrected chi connectivity index (χ0v) is 8.64. The Morgan fingerprint density at radius 1 is 1.33 bits per heavy atom. The Labute approximate surface area is 76.3 Å². The molecule has 0 amide bonds. The highest BCUT2D eigenvalue weighted by Crippen LogP contribution is 2.32. The van der Waals surface area contributed by atoms with Gasteiger partial charge in [-0.1, -0.05) is 13.8 Å². The lowest BCUT2D eigenvalue weighted by Gasteiger charge is -2.24. The standard InChI is InChI=1S/C10H22N2/c1-4-12(5-2)8-10(11-3)9-6-7-9/h9-11H,4-8H2,1-3H3. The van der Waals surface area contributed by atoms with Crippen LogP contribution in [0.25, 0.3) is 0 Å². The monoisotopic (exact) mass is 170 g/mol. The van der Waals surface area contributed by atoms with Gasteiger partial charge in [-0.25, -0.2) is 0 Å². The topological polar surface area (TPSA) is 15.3 Å². The summed E-state index contributed by atoms with van der Waals surface area (Å²) < 4.78 is 0. The van der Waals surface area contributed by atoms with E-state index in [4.69, 9.17) is 0 Å². The maximum Gasteiger partial charge on any atom is 0.0220 e. The zero-order chi connectivity index (χ0) is 8.97. The third-order valence-electron chi connectivity index (χ3n) is 2.91. The number of hydrogen-bond acceptors (Lipinski definition) is 2. The minimum Gasteiger partial charge on any atom is -0.315 e. The fraction of sp³-hybridized carbons (Fsp3) is 1.00. The first-order valence-electron chi connectivity index (χ1n) is 5.21. The number of rotatable bonds is 6. The van der Waals surface area contributed by atoms with Crippen LogP contribution in [0.15, 0.2) is 0 Å². The van der Waals surface area contributed by atoms with E-state index in [1.54, 1.807) is 0 Å². The highest BCUT2D eigenvalue weighted by atomic mass is 15.1. The molecule has 72 valence electrons. The van der Waals surface area contributed by atoms with Gasteiger partial charge in [0.15, 0.2) is 0 Å². The summed E-state index contributed by atoms with van der Waals surface area (Å²) in [5.41, 5.74) is 0. The maximum atomic E-state index is 3.42. The van der Waals surface area contributed by atoms with E-state index >= 15 is 0 Å². The van der Waals surface area contributed by atoms with E-state index in [1.807, 2.05) is 0 Å². The Bertz CT molecular complexity index is 117. The minimum absolute atomic E-state index is 0.741. The van der Waals surface area contributed by atoms with Crippen LogP contribution < -0.4 is 5.32 Å². The molecule has 0 heterocycles. The molecule has 1 fully saturated rings. The van der Waals surface area contributed by atoms with Crippen LogP contribution in [-0.4, -0.2) is 37.6 Å². The highest BCUT2D eigenvalue weighted by Gasteiger charge is 2.30. The van der Waals surface area contributed by atoms with Crippen molar-refractivity contribution in [3.8, 4) is 0 Å². The first-order chi connectivity index (χ1) is 5.81. The molecule has 2 nitrogen and oxygen atoms in total. The lowest BCUT2D eigenvalue weighted by Crippen LogP contribution is -2.40. The predicted octanol–water partition coefficient (Wildman–Crippen LogP) is 1.33. The van der Waals surface area contributed by atoms with Gasteiger partial charge in [-0.05, 0) is 38.9 Å². The van der Waals surface area contributed by atoms with Crippen LogP contribution in [0.1, 0.15) is 26.7 Å². The van der Waals surface area contributed by atoms with Gasteiger partial charge in [0.25, 0.3) is 0 Å². The van der Waals surface area contributed by atoms with E-state index in [0.717, 1.165) is 12.0 Å². The largest absolute Gasteiger partial charge is 0.315 e. The first kappa shape index (κ1) is 10.0. The molecule has 0 aromatic carbocycles. The van der Waals surface area contributed by atoms with Crippen LogP contribution in [0.2, 0.25) is 0 Å². The van der Waals surface area contributed by atoms with Crippen molar-refractivity contribution in [1.82, 2.24) is 10.2 Å². The molecule has 0 spiro atoms. The summed E-state index contributed by atoms with van der Waals surface area (Å²) in [4.78, 5) is 2.50. The van der Waals surface area contributed by atoms with Crippen molar-refractivity contribution in [3.05, 3.63) is 0 Å². The molecule has 1 saturated carbocycles. The molecule has 0 saturated heterocycles. The molecule has 0 aromatic rings. The Morgan fingerprint density at radius 2 is 1.92 bits per heavy atom. The summed E-state index contributed by atoms with van der Waals surface area (Å²) >= 11 is 0. The molecule has 2 heteroatoms. The number of hydrogen-bond donors (Lipinski definition) is 1. The Morgan fingerprint density at radius 3 is 2.25 bits per heavy atom. The van der Waals surface area contributed by atoms with Gasteiger partial charge < -0.3 is 10.2 Å². The Balaban J connectivity index is 2.24. The Kier molecular flexibility index (Phi) is 4.02. The van der Waals surface area contributed by atoms with E-state index in [2.05, 4.69) is 31.1 Å². The third-order valence-corrected chi connectivity index (χ3v) is 2.91. The molecule has 1 aliphatic rings. The summed E-state index contributed by atoms with van der Waals surface area (Å²) in [6.07, 6.45) is 2.87. The summed E-state index contributed by atoms with van der Waals surface area (Å²) in [5, 5.41) is 3.42. The van der Waals surface area contributed by atoms with Crippen LogP contribution in [0.5, 0.6) is 0 Å². The Hall–Kier alpha value is -0.0800. The van der Waals surface area contributed by atoms with E-state index in [-0.39, 0.29) is 0 Å². The predicted molar refractivity (Wildman–Crippen MR) is 53.4 cm³/mol. The van der Waals surface area contributed by atoms with Gasteiger partial charge in [0.05, 0.1) is 0 Å². The molecule has 12 heavy (non-hydrogen) atoms. The molecule has 0 radical (unpaired) electrons. The fourth-order valence-electron chi connectivity index (χ4n) is 1.73. The molecule has 0 bridgehead atoms. The lowest BCUT2D eigenvalue weighted by atomic mass is 10.2. The van der Waals surface area contributed by atoms with Crippen LogP contribution >= 0.6 is 0 Å². The van der Waals surface area contributed by atoms with Crippen molar-refractivity contribution in [1.29, 1.82) is 0 Å². The average Bonchev–Trinajstić information content (AvgIpc) is 2.90. The molecule has 1 unspecified atom stereocenters. The van der Waals surface area contributed by atoms with Crippen LogP contribution in [0, 0.1) is 5.92 Å².